The van der Waals surface area contributed by atoms with Crippen molar-refractivity contribution in [2.45, 2.75) is 32.3 Å². The molecule has 5 heteroatoms. The summed E-state index contributed by atoms with van der Waals surface area (Å²) in [7, 11) is 0. The van der Waals surface area contributed by atoms with Crippen LogP contribution in [0.2, 0.25) is 0 Å². The van der Waals surface area contributed by atoms with Gasteiger partial charge in [-0.05, 0) is 50.5 Å². The van der Waals surface area contributed by atoms with Crippen LogP contribution < -0.4 is 5.32 Å². The minimum Gasteiger partial charge on any atom is -0.452 e. The summed E-state index contributed by atoms with van der Waals surface area (Å²) in [4.78, 5) is 23.8. The van der Waals surface area contributed by atoms with E-state index in [2.05, 4.69) is 5.32 Å². The van der Waals surface area contributed by atoms with Crippen LogP contribution in [0.15, 0.2) is 36.4 Å². The number of nitrogens with one attached hydrogen (secondary N) is 1. The van der Waals surface area contributed by atoms with Crippen molar-refractivity contribution >= 4 is 17.6 Å². The molecule has 0 aromatic heterocycles. The van der Waals surface area contributed by atoms with Gasteiger partial charge in [0.05, 0.1) is 5.92 Å². The van der Waals surface area contributed by atoms with E-state index in [1.165, 1.54) is 31.2 Å². The normalized spacial score (nSPS) is 18.9. The van der Waals surface area contributed by atoms with Crippen molar-refractivity contribution in [2.24, 2.45) is 5.92 Å². The first-order chi connectivity index (χ1) is 10.1. The molecule has 2 atom stereocenters. The zero-order valence-electron chi connectivity index (χ0n) is 11.8. The number of esters is 1. The van der Waals surface area contributed by atoms with Crippen LogP contribution in [0.25, 0.3) is 0 Å². The number of hydrogen-bond acceptors (Lipinski definition) is 3. The zero-order valence-corrected chi connectivity index (χ0v) is 11.8. The first kappa shape index (κ1) is 15.2. The predicted octanol–water partition coefficient (Wildman–Crippen LogP) is 3.05. The summed E-state index contributed by atoms with van der Waals surface area (Å²) in [6.07, 6.45) is 5.38. The van der Waals surface area contributed by atoms with Crippen molar-refractivity contribution in [3.05, 3.63) is 42.2 Å². The molecule has 0 radical (unpaired) electrons. The van der Waals surface area contributed by atoms with Gasteiger partial charge in [-0.15, -0.1) is 0 Å². The third kappa shape index (κ3) is 4.41. The van der Waals surface area contributed by atoms with Crippen LogP contribution in [0.3, 0.4) is 0 Å². The molecule has 1 aromatic carbocycles. The van der Waals surface area contributed by atoms with E-state index in [4.69, 9.17) is 4.74 Å². The van der Waals surface area contributed by atoms with Crippen molar-refractivity contribution in [1.29, 1.82) is 0 Å². The second-order valence-corrected chi connectivity index (χ2v) is 5.06. The topological polar surface area (TPSA) is 55.4 Å². The van der Waals surface area contributed by atoms with Gasteiger partial charge in [0.15, 0.2) is 6.10 Å². The minimum absolute atomic E-state index is 0.170. The molecule has 0 saturated carbocycles. The van der Waals surface area contributed by atoms with Gasteiger partial charge in [0.2, 0.25) is 0 Å². The summed E-state index contributed by atoms with van der Waals surface area (Å²) in [5.41, 5.74) is 0.463. The molecule has 1 aliphatic carbocycles. The fraction of sp³-hybridized carbons (Fsp3) is 0.375. The number of rotatable bonds is 4. The van der Waals surface area contributed by atoms with Crippen LogP contribution in [0.4, 0.5) is 10.1 Å². The lowest BCUT2D eigenvalue weighted by Gasteiger charge is -2.19. The highest BCUT2D eigenvalue weighted by Gasteiger charge is 2.24. The Labute approximate surface area is 123 Å². The quantitative estimate of drug-likeness (QED) is 0.685. The molecule has 0 saturated heterocycles. The van der Waals surface area contributed by atoms with Gasteiger partial charge in [0, 0.05) is 5.69 Å². The molecule has 21 heavy (non-hydrogen) atoms. The van der Waals surface area contributed by atoms with E-state index in [9.17, 15) is 14.0 Å². The number of carbonyl (C=O) groups excluding carboxylic acids is 2. The SMILES string of the molecule is C[C@H](OC(=O)[C@H]1CC=CCC1)C(=O)Nc1ccc(F)cc1. The van der Waals surface area contributed by atoms with Crippen LogP contribution in [0, 0.1) is 11.7 Å². The smallest absolute Gasteiger partial charge is 0.310 e. The van der Waals surface area contributed by atoms with Crippen LogP contribution in [-0.4, -0.2) is 18.0 Å². The van der Waals surface area contributed by atoms with Crippen molar-refractivity contribution < 1.29 is 18.7 Å². The number of hydrogen-bond donors (Lipinski definition) is 1. The van der Waals surface area contributed by atoms with E-state index in [0.717, 1.165) is 12.8 Å². The number of ether oxygens (including phenoxy) is 1. The van der Waals surface area contributed by atoms with E-state index in [-0.39, 0.29) is 17.7 Å². The molecular formula is C16H18FNO3. The fourth-order valence-electron chi connectivity index (χ4n) is 2.11. The second-order valence-electron chi connectivity index (χ2n) is 5.06. The number of allylic oxidation sites excluding steroid dienone is 2. The van der Waals surface area contributed by atoms with E-state index < -0.39 is 12.0 Å². The highest BCUT2D eigenvalue weighted by molar-refractivity contribution is 5.95. The fourth-order valence-corrected chi connectivity index (χ4v) is 2.11. The Balaban J connectivity index is 1.85. The molecule has 1 amide bonds. The van der Waals surface area contributed by atoms with Crippen molar-refractivity contribution in [2.75, 3.05) is 5.32 Å². The van der Waals surface area contributed by atoms with Crippen molar-refractivity contribution in [3.63, 3.8) is 0 Å². The van der Waals surface area contributed by atoms with Gasteiger partial charge in [-0.25, -0.2) is 4.39 Å². The van der Waals surface area contributed by atoms with Gasteiger partial charge in [0.25, 0.3) is 5.91 Å². The first-order valence-corrected chi connectivity index (χ1v) is 6.98. The zero-order chi connectivity index (χ0) is 15.2. The maximum atomic E-state index is 12.8. The van der Waals surface area contributed by atoms with Crippen LogP contribution in [-0.2, 0) is 14.3 Å². The Morgan fingerprint density at radius 1 is 1.29 bits per heavy atom. The average molecular weight is 291 g/mol. The standard InChI is InChI=1S/C16H18FNO3/c1-11(21-16(20)12-5-3-2-4-6-12)15(19)18-14-9-7-13(17)8-10-14/h2-3,7-12H,4-6H2,1H3,(H,18,19)/t11-,12-/m0/s1. The molecule has 0 bridgehead atoms. The molecule has 0 heterocycles. The molecule has 112 valence electrons. The summed E-state index contributed by atoms with van der Waals surface area (Å²) in [5.74, 6) is -1.32. The summed E-state index contributed by atoms with van der Waals surface area (Å²) < 4.78 is 18.0. The Morgan fingerprint density at radius 3 is 2.62 bits per heavy atom. The molecular weight excluding hydrogens is 273 g/mol. The number of amides is 1. The van der Waals surface area contributed by atoms with Gasteiger partial charge in [-0.1, -0.05) is 12.2 Å². The van der Waals surface area contributed by atoms with Crippen LogP contribution in [0.1, 0.15) is 26.2 Å². The third-order valence-electron chi connectivity index (χ3n) is 3.38. The molecule has 0 fully saturated rings. The monoisotopic (exact) mass is 291 g/mol. The first-order valence-electron chi connectivity index (χ1n) is 6.98. The number of carbonyl (C=O) groups is 2. The number of halogens is 1. The molecule has 2 rings (SSSR count). The lowest BCUT2D eigenvalue weighted by atomic mass is 9.95. The summed E-state index contributed by atoms with van der Waals surface area (Å²) in [5, 5.41) is 2.58. The lowest BCUT2D eigenvalue weighted by Crippen LogP contribution is -2.32. The van der Waals surface area contributed by atoms with Crippen LogP contribution >= 0.6 is 0 Å². The van der Waals surface area contributed by atoms with E-state index in [1.54, 1.807) is 0 Å². The maximum absolute atomic E-state index is 12.8. The number of anilines is 1. The highest BCUT2D eigenvalue weighted by Crippen LogP contribution is 2.20. The molecule has 1 N–H and O–H groups in total. The summed E-state index contributed by atoms with van der Waals surface area (Å²) in [6, 6.07) is 5.41. The van der Waals surface area contributed by atoms with Gasteiger partial charge >= 0.3 is 5.97 Å². The molecule has 0 spiro atoms. The van der Waals surface area contributed by atoms with Gasteiger partial charge in [-0.2, -0.15) is 0 Å². The molecule has 1 aliphatic rings. The van der Waals surface area contributed by atoms with E-state index in [0.29, 0.717) is 12.1 Å². The molecule has 0 unspecified atom stereocenters. The Hall–Kier alpha value is -2.17. The summed E-state index contributed by atoms with van der Waals surface area (Å²) >= 11 is 0. The van der Waals surface area contributed by atoms with Crippen molar-refractivity contribution in [3.8, 4) is 0 Å². The lowest BCUT2D eigenvalue weighted by molar-refractivity contribution is -0.157. The summed E-state index contributed by atoms with van der Waals surface area (Å²) in [6.45, 7) is 1.52. The Bertz CT molecular complexity index is 539. The molecule has 1 aromatic rings. The van der Waals surface area contributed by atoms with Crippen molar-refractivity contribution in [1.82, 2.24) is 0 Å². The van der Waals surface area contributed by atoms with Gasteiger partial charge < -0.3 is 10.1 Å². The van der Waals surface area contributed by atoms with Gasteiger partial charge in [-0.3, -0.25) is 9.59 Å². The highest BCUT2D eigenvalue weighted by atomic mass is 19.1. The second kappa shape index (κ2) is 7.02. The van der Waals surface area contributed by atoms with E-state index >= 15 is 0 Å². The Morgan fingerprint density at radius 2 is 2.00 bits per heavy atom. The maximum Gasteiger partial charge on any atom is 0.310 e. The average Bonchev–Trinajstić information content (AvgIpc) is 2.50. The Kier molecular flexibility index (Phi) is 5.09. The minimum atomic E-state index is -0.881. The molecule has 4 nitrogen and oxygen atoms in total. The largest absolute Gasteiger partial charge is 0.452 e. The predicted molar refractivity (Wildman–Crippen MR) is 77.1 cm³/mol. The number of benzene rings is 1. The van der Waals surface area contributed by atoms with E-state index in [1.807, 2.05) is 12.2 Å². The third-order valence-corrected chi connectivity index (χ3v) is 3.38. The van der Waals surface area contributed by atoms with Gasteiger partial charge in [0.1, 0.15) is 5.82 Å². The van der Waals surface area contributed by atoms with Crippen LogP contribution in [0.5, 0.6) is 0 Å². The molecule has 0 aliphatic heterocycles.